The van der Waals surface area contributed by atoms with Gasteiger partial charge in [0.25, 0.3) is 0 Å². The molecule has 1 aliphatic carbocycles. The predicted octanol–water partition coefficient (Wildman–Crippen LogP) is 1.97. The Morgan fingerprint density at radius 1 is 1.21 bits per heavy atom. The lowest BCUT2D eigenvalue weighted by atomic mass is 9.70. The largest absolute Gasteiger partial charge is 0.394 e. The number of hydrogen-bond donors (Lipinski definition) is 1. The van der Waals surface area contributed by atoms with Crippen molar-refractivity contribution in [3.63, 3.8) is 0 Å². The summed E-state index contributed by atoms with van der Waals surface area (Å²) in [4.78, 5) is 2.30. The molecule has 1 atom stereocenters. The maximum atomic E-state index is 9.72. The van der Waals surface area contributed by atoms with Gasteiger partial charge in [-0.25, -0.2) is 4.90 Å². The molecule has 1 spiro atoms. The zero-order chi connectivity index (χ0) is 13.7. The highest BCUT2D eigenvalue weighted by Gasteiger charge is 2.59. The van der Waals surface area contributed by atoms with E-state index < -0.39 is 0 Å². The van der Waals surface area contributed by atoms with E-state index in [9.17, 15) is 5.11 Å². The number of aliphatic hydroxyl groups excluding tert-OH is 1. The monoisotopic (exact) mass is 269 g/mol. The molecule has 0 aromatic heterocycles. The van der Waals surface area contributed by atoms with Gasteiger partial charge in [-0.3, -0.25) is 0 Å². The summed E-state index contributed by atoms with van der Waals surface area (Å²) in [5.74, 6) is 0.773. The van der Waals surface area contributed by atoms with Gasteiger partial charge in [0.15, 0.2) is 0 Å². The lowest BCUT2D eigenvalue weighted by Crippen LogP contribution is -2.55. The molecular weight excluding hydrogens is 242 g/mol. The molecule has 4 nitrogen and oxygen atoms in total. The Bertz CT molecular complexity index is 344. The number of hydrogen-bond acceptors (Lipinski definition) is 4. The normalized spacial score (nSPS) is 43.9. The van der Waals surface area contributed by atoms with Crippen molar-refractivity contribution in [1.29, 1.82) is 0 Å². The third kappa shape index (κ3) is 2.04. The van der Waals surface area contributed by atoms with Gasteiger partial charge < -0.3 is 14.6 Å². The average molecular weight is 269 g/mol. The summed E-state index contributed by atoms with van der Waals surface area (Å²) in [5, 5.41) is 9.72. The molecule has 3 fully saturated rings. The van der Waals surface area contributed by atoms with Crippen LogP contribution in [-0.2, 0) is 9.47 Å². The van der Waals surface area contributed by atoms with Crippen molar-refractivity contribution in [2.75, 3.05) is 26.6 Å². The highest BCUT2D eigenvalue weighted by Crippen LogP contribution is 2.50. The van der Waals surface area contributed by atoms with Crippen LogP contribution in [0.2, 0.25) is 0 Å². The molecule has 0 aromatic rings. The Kier molecular flexibility index (Phi) is 3.21. The predicted molar refractivity (Wildman–Crippen MR) is 72.6 cm³/mol. The fourth-order valence-corrected chi connectivity index (χ4v) is 4.08. The van der Waals surface area contributed by atoms with Gasteiger partial charge in [-0.1, -0.05) is 20.8 Å². The topological polar surface area (TPSA) is 41.9 Å². The molecule has 0 unspecified atom stereocenters. The van der Waals surface area contributed by atoms with E-state index in [1.807, 2.05) is 0 Å². The second-order valence-electron chi connectivity index (χ2n) is 7.66. The molecule has 110 valence electrons. The first-order valence-electron chi connectivity index (χ1n) is 7.52. The maximum Gasteiger partial charge on any atom is 0.124 e. The molecule has 2 aliphatic heterocycles. The Labute approximate surface area is 116 Å². The maximum absolute atomic E-state index is 9.72. The summed E-state index contributed by atoms with van der Waals surface area (Å²) in [6.45, 7) is 8.97. The molecule has 3 aliphatic rings. The molecule has 2 saturated heterocycles. The molecule has 0 amide bonds. The molecule has 1 saturated carbocycles. The highest BCUT2D eigenvalue weighted by atomic mass is 16.6. The minimum Gasteiger partial charge on any atom is -0.394 e. The smallest absolute Gasteiger partial charge is 0.124 e. The van der Waals surface area contributed by atoms with Gasteiger partial charge in [0.1, 0.15) is 12.5 Å². The van der Waals surface area contributed by atoms with Crippen LogP contribution in [0.4, 0.5) is 0 Å². The van der Waals surface area contributed by atoms with Crippen molar-refractivity contribution in [3.8, 4) is 0 Å². The van der Waals surface area contributed by atoms with Crippen LogP contribution in [0.5, 0.6) is 0 Å². The zero-order valence-corrected chi connectivity index (χ0v) is 12.4. The molecule has 19 heavy (non-hydrogen) atoms. The lowest BCUT2D eigenvalue weighted by Gasteiger charge is -2.46. The number of nitrogens with zero attached hydrogens (tertiary/aromatic N) is 1. The van der Waals surface area contributed by atoms with E-state index in [1.54, 1.807) is 0 Å². The molecule has 3 rings (SSSR count). The van der Waals surface area contributed by atoms with Gasteiger partial charge in [-0.05, 0) is 37.0 Å². The Morgan fingerprint density at radius 3 is 2.47 bits per heavy atom. The summed E-state index contributed by atoms with van der Waals surface area (Å²) in [5.41, 5.74) is -0.0503. The molecule has 4 heteroatoms. The van der Waals surface area contributed by atoms with Crippen LogP contribution in [0, 0.1) is 11.3 Å². The molecule has 2 heterocycles. The van der Waals surface area contributed by atoms with Crippen molar-refractivity contribution in [1.82, 2.24) is 4.90 Å². The second-order valence-corrected chi connectivity index (χ2v) is 7.66. The van der Waals surface area contributed by atoms with Gasteiger partial charge in [-0.15, -0.1) is 0 Å². The van der Waals surface area contributed by atoms with Crippen molar-refractivity contribution < 1.29 is 14.6 Å². The summed E-state index contributed by atoms with van der Waals surface area (Å²) in [6, 6.07) is 0. The van der Waals surface area contributed by atoms with Crippen LogP contribution < -0.4 is 0 Å². The summed E-state index contributed by atoms with van der Waals surface area (Å²) >= 11 is 0. The van der Waals surface area contributed by atoms with E-state index in [-0.39, 0.29) is 17.9 Å². The fourth-order valence-electron chi connectivity index (χ4n) is 4.08. The first kappa shape index (κ1) is 13.8. The van der Waals surface area contributed by atoms with Crippen molar-refractivity contribution >= 4 is 0 Å². The quantitative estimate of drug-likeness (QED) is 0.790. The molecular formula is C15H27NO3. The molecule has 0 radical (unpaired) electrons. The lowest BCUT2D eigenvalue weighted by molar-refractivity contribution is -0.139. The zero-order valence-electron chi connectivity index (χ0n) is 12.4. The van der Waals surface area contributed by atoms with Gasteiger partial charge in [0.2, 0.25) is 0 Å². The number of rotatable bonds is 1. The highest BCUT2D eigenvalue weighted by molar-refractivity contribution is 5.06. The Morgan fingerprint density at radius 2 is 1.89 bits per heavy atom. The number of fused-ring (bicyclic) bond motifs is 2. The van der Waals surface area contributed by atoms with Gasteiger partial charge in [0, 0.05) is 0 Å². The average Bonchev–Trinajstić information content (AvgIpc) is 2.90. The Hall–Kier alpha value is -0.160. The van der Waals surface area contributed by atoms with Gasteiger partial charge in [0.05, 0.1) is 25.4 Å². The van der Waals surface area contributed by atoms with Gasteiger partial charge >= 0.3 is 0 Å². The van der Waals surface area contributed by atoms with Crippen molar-refractivity contribution in [3.05, 3.63) is 0 Å². The van der Waals surface area contributed by atoms with Gasteiger partial charge in [-0.2, -0.15) is 0 Å². The second kappa shape index (κ2) is 4.42. The standard InChI is InChI=1S/C15H27NO3/c1-13(2,3)12-4-6-15(7-5-12)16-11-18-9-14(16,8-17)10-19-15/h12,17H,4-11H2,1-3H3/t12?,14-,15?/m1/s1. The van der Waals surface area contributed by atoms with E-state index in [2.05, 4.69) is 25.7 Å². The number of ether oxygens (including phenoxy) is 2. The van der Waals surface area contributed by atoms with E-state index >= 15 is 0 Å². The van der Waals surface area contributed by atoms with E-state index in [4.69, 9.17) is 9.47 Å². The summed E-state index contributed by atoms with van der Waals surface area (Å²) < 4.78 is 11.8. The third-order valence-electron chi connectivity index (χ3n) is 5.55. The van der Waals surface area contributed by atoms with Crippen LogP contribution in [0.25, 0.3) is 0 Å². The molecule has 0 bridgehead atoms. The van der Waals surface area contributed by atoms with Crippen molar-refractivity contribution in [2.45, 2.75) is 57.7 Å². The van der Waals surface area contributed by atoms with Crippen LogP contribution >= 0.6 is 0 Å². The fraction of sp³-hybridized carbons (Fsp3) is 1.00. The first-order valence-corrected chi connectivity index (χ1v) is 7.52. The minimum absolute atomic E-state index is 0.136. The van der Waals surface area contributed by atoms with Crippen LogP contribution in [0.15, 0.2) is 0 Å². The minimum atomic E-state index is -0.269. The molecule has 1 N–H and O–H groups in total. The first-order chi connectivity index (χ1) is 8.92. The Balaban J connectivity index is 1.74. The number of aliphatic hydroxyl groups is 1. The SMILES string of the molecule is CC(C)(C)C1CCC2(CC1)OC[C@@]1(CO)COCN21. The van der Waals surface area contributed by atoms with Crippen molar-refractivity contribution in [2.24, 2.45) is 11.3 Å². The molecule has 0 aromatic carbocycles. The van der Waals surface area contributed by atoms with Crippen LogP contribution in [0.3, 0.4) is 0 Å². The van der Waals surface area contributed by atoms with Crippen LogP contribution in [0.1, 0.15) is 46.5 Å². The summed E-state index contributed by atoms with van der Waals surface area (Å²) in [6.07, 6.45) is 4.56. The third-order valence-corrected chi connectivity index (χ3v) is 5.55. The van der Waals surface area contributed by atoms with E-state index in [0.29, 0.717) is 25.4 Å². The van der Waals surface area contributed by atoms with E-state index in [0.717, 1.165) is 18.8 Å². The van der Waals surface area contributed by atoms with Crippen LogP contribution in [-0.4, -0.2) is 47.8 Å². The van der Waals surface area contributed by atoms with E-state index in [1.165, 1.54) is 12.8 Å². The summed E-state index contributed by atoms with van der Waals surface area (Å²) in [7, 11) is 0.